The van der Waals surface area contributed by atoms with Crippen LogP contribution >= 0.6 is 0 Å². The molecule has 3 aromatic rings. The normalized spacial score (nSPS) is 11.5. The molecule has 0 atom stereocenters. The van der Waals surface area contributed by atoms with E-state index < -0.39 is 0 Å². The molecule has 8 heteroatoms. The fourth-order valence-electron chi connectivity index (χ4n) is 2.73. The van der Waals surface area contributed by atoms with Gasteiger partial charge in [-0.15, -0.1) is 0 Å². The van der Waals surface area contributed by atoms with E-state index in [1.54, 1.807) is 24.1 Å². The molecule has 0 N–H and O–H groups in total. The topological polar surface area (TPSA) is 78.0 Å². The Bertz CT molecular complexity index is 970. The third-order valence-electron chi connectivity index (χ3n) is 4.12. The van der Waals surface area contributed by atoms with Crippen LogP contribution in [0, 0.1) is 0 Å². The monoisotopic (exact) mass is 328 g/mol. The number of fused-ring (bicyclic) bond motifs is 1. The highest BCUT2D eigenvalue weighted by atomic mass is 16.2. The minimum Gasteiger partial charge on any atom is -0.323 e. The lowest BCUT2D eigenvalue weighted by atomic mass is 10.3. The van der Waals surface area contributed by atoms with Crippen molar-refractivity contribution in [3.63, 3.8) is 0 Å². The van der Waals surface area contributed by atoms with Gasteiger partial charge in [0.2, 0.25) is 0 Å². The van der Waals surface area contributed by atoms with Crippen LogP contribution in [0.25, 0.3) is 11.2 Å². The second-order valence-corrected chi connectivity index (χ2v) is 5.91. The highest BCUT2D eigenvalue weighted by Crippen LogP contribution is 2.06. The summed E-state index contributed by atoms with van der Waals surface area (Å²) in [6, 6.07) is 3.94. The zero-order valence-electron chi connectivity index (χ0n) is 14.0. The van der Waals surface area contributed by atoms with Crippen molar-refractivity contribution >= 4 is 11.2 Å². The largest absolute Gasteiger partial charge is 0.332 e. The van der Waals surface area contributed by atoms with Gasteiger partial charge in [-0.3, -0.25) is 18.9 Å². The average molecular weight is 328 g/mol. The molecular weight excluding hydrogens is 308 g/mol. The van der Waals surface area contributed by atoms with Crippen molar-refractivity contribution in [2.45, 2.75) is 13.1 Å². The molecule has 0 aliphatic carbocycles. The van der Waals surface area contributed by atoms with Gasteiger partial charge in [-0.2, -0.15) is 0 Å². The van der Waals surface area contributed by atoms with E-state index in [1.165, 1.54) is 11.6 Å². The van der Waals surface area contributed by atoms with E-state index in [-0.39, 0.29) is 11.2 Å². The standard InChI is InChI=1S/C16H20N6O2/c1-19(10-12-5-4-6-17-9-12)7-8-22-11-18-14-13(22)15(23)21(3)16(24)20(14)2/h4-6,9,11H,7-8,10H2,1-3H3. The third kappa shape index (κ3) is 2.88. The van der Waals surface area contributed by atoms with Crippen molar-refractivity contribution in [3.8, 4) is 0 Å². The molecule has 0 spiro atoms. The van der Waals surface area contributed by atoms with Crippen molar-refractivity contribution in [2.24, 2.45) is 14.1 Å². The van der Waals surface area contributed by atoms with Gasteiger partial charge in [-0.25, -0.2) is 9.78 Å². The number of hydrogen-bond donors (Lipinski definition) is 0. The number of pyridine rings is 1. The Morgan fingerprint density at radius 3 is 2.71 bits per heavy atom. The molecule has 0 aliphatic heterocycles. The van der Waals surface area contributed by atoms with Crippen molar-refractivity contribution in [1.82, 2.24) is 28.6 Å². The molecule has 0 amide bonds. The van der Waals surface area contributed by atoms with E-state index in [2.05, 4.69) is 14.9 Å². The van der Waals surface area contributed by atoms with Crippen LogP contribution in [-0.2, 0) is 27.2 Å². The first-order chi connectivity index (χ1) is 11.5. The van der Waals surface area contributed by atoms with E-state index in [0.29, 0.717) is 17.7 Å². The second kappa shape index (κ2) is 6.40. The van der Waals surface area contributed by atoms with Crippen LogP contribution in [-0.4, -0.2) is 42.2 Å². The molecule has 0 aromatic carbocycles. The number of likely N-dealkylation sites (N-methyl/N-ethyl adjacent to an activating group) is 1. The summed E-state index contributed by atoms with van der Waals surface area (Å²) in [5.74, 6) is 0. The zero-order chi connectivity index (χ0) is 17.3. The minimum atomic E-state index is -0.369. The molecule has 0 saturated carbocycles. The Balaban J connectivity index is 1.81. The van der Waals surface area contributed by atoms with Gasteiger partial charge in [0, 0.05) is 46.1 Å². The molecule has 8 nitrogen and oxygen atoms in total. The number of imidazole rings is 1. The van der Waals surface area contributed by atoms with Crippen molar-refractivity contribution in [1.29, 1.82) is 0 Å². The highest BCUT2D eigenvalue weighted by Gasteiger charge is 2.14. The maximum Gasteiger partial charge on any atom is 0.332 e. The van der Waals surface area contributed by atoms with Crippen LogP contribution in [0.5, 0.6) is 0 Å². The molecule has 126 valence electrons. The summed E-state index contributed by atoms with van der Waals surface area (Å²) < 4.78 is 4.31. The van der Waals surface area contributed by atoms with Crippen molar-refractivity contribution in [3.05, 3.63) is 57.3 Å². The molecule has 3 aromatic heterocycles. The van der Waals surface area contributed by atoms with Crippen LogP contribution < -0.4 is 11.2 Å². The van der Waals surface area contributed by atoms with Crippen molar-refractivity contribution < 1.29 is 0 Å². The number of hydrogen-bond acceptors (Lipinski definition) is 5. The van der Waals surface area contributed by atoms with Gasteiger partial charge in [0.15, 0.2) is 11.2 Å². The average Bonchev–Trinajstić information content (AvgIpc) is 3.01. The lowest BCUT2D eigenvalue weighted by molar-refractivity contribution is 0.312. The molecule has 0 bridgehead atoms. The third-order valence-corrected chi connectivity index (χ3v) is 4.12. The van der Waals surface area contributed by atoms with Gasteiger partial charge in [-0.05, 0) is 18.7 Å². The second-order valence-electron chi connectivity index (χ2n) is 5.91. The molecule has 24 heavy (non-hydrogen) atoms. The fourth-order valence-corrected chi connectivity index (χ4v) is 2.73. The Kier molecular flexibility index (Phi) is 4.30. The van der Waals surface area contributed by atoms with Gasteiger partial charge in [0.05, 0.1) is 6.33 Å². The first-order valence-corrected chi connectivity index (χ1v) is 7.67. The van der Waals surface area contributed by atoms with Crippen LogP contribution in [0.2, 0.25) is 0 Å². The summed E-state index contributed by atoms with van der Waals surface area (Å²) in [6.45, 7) is 2.13. The quantitative estimate of drug-likeness (QED) is 0.657. The fraction of sp³-hybridized carbons (Fsp3) is 0.375. The van der Waals surface area contributed by atoms with Crippen LogP contribution in [0.4, 0.5) is 0 Å². The van der Waals surface area contributed by atoms with Gasteiger partial charge in [0.25, 0.3) is 5.56 Å². The summed E-state index contributed by atoms with van der Waals surface area (Å²) in [5, 5.41) is 0. The van der Waals surface area contributed by atoms with E-state index in [0.717, 1.165) is 23.2 Å². The molecule has 3 rings (SSSR count). The maximum absolute atomic E-state index is 12.4. The Morgan fingerprint density at radius 1 is 1.21 bits per heavy atom. The summed E-state index contributed by atoms with van der Waals surface area (Å²) in [6.07, 6.45) is 5.21. The lowest BCUT2D eigenvalue weighted by Gasteiger charge is -2.17. The predicted molar refractivity (Wildman–Crippen MR) is 90.8 cm³/mol. The van der Waals surface area contributed by atoms with Gasteiger partial charge >= 0.3 is 5.69 Å². The molecule has 3 heterocycles. The molecule has 0 saturated heterocycles. The summed E-state index contributed by atoms with van der Waals surface area (Å²) in [7, 11) is 5.12. The van der Waals surface area contributed by atoms with Crippen LogP contribution in [0.15, 0.2) is 40.4 Å². The van der Waals surface area contributed by atoms with E-state index in [9.17, 15) is 9.59 Å². The predicted octanol–water partition coefficient (Wildman–Crippen LogP) is -0.0393. The van der Waals surface area contributed by atoms with E-state index in [1.807, 2.05) is 25.4 Å². The highest BCUT2D eigenvalue weighted by molar-refractivity contribution is 5.69. The minimum absolute atomic E-state index is 0.319. The zero-order valence-corrected chi connectivity index (χ0v) is 14.0. The number of aromatic nitrogens is 5. The molecule has 0 radical (unpaired) electrons. The van der Waals surface area contributed by atoms with Gasteiger partial charge in [0.1, 0.15) is 0 Å². The van der Waals surface area contributed by atoms with E-state index >= 15 is 0 Å². The molecule has 0 fully saturated rings. The first-order valence-electron chi connectivity index (χ1n) is 7.67. The summed E-state index contributed by atoms with van der Waals surface area (Å²) in [4.78, 5) is 34.8. The van der Waals surface area contributed by atoms with Crippen molar-refractivity contribution in [2.75, 3.05) is 13.6 Å². The SMILES string of the molecule is CN(CCn1cnc2c1c(=O)n(C)c(=O)n2C)Cc1cccnc1. The van der Waals surface area contributed by atoms with Gasteiger partial charge < -0.3 is 9.47 Å². The molecular formula is C16H20N6O2. The maximum atomic E-state index is 12.4. The Labute approximate surface area is 138 Å². The van der Waals surface area contributed by atoms with Crippen LogP contribution in [0.3, 0.4) is 0 Å². The number of aryl methyl sites for hydroxylation is 1. The molecule has 0 aliphatic rings. The Morgan fingerprint density at radius 2 is 2.00 bits per heavy atom. The van der Waals surface area contributed by atoms with Gasteiger partial charge in [-0.1, -0.05) is 6.07 Å². The summed E-state index contributed by atoms with van der Waals surface area (Å²) >= 11 is 0. The van der Waals surface area contributed by atoms with Crippen LogP contribution in [0.1, 0.15) is 5.56 Å². The number of rotatable bonds is 5. The van der Waals surface area contributed by atoms with E-state index in [4.69, 9.17) is 0 Å². The number of nitrogens with zero attached hydrogens (tertiary/aromatic N) is 6. The lowest BCUT2D eigenvalue weighted by Crippen LogP contribution is -2.37. The smallest absolute Gasteiger partial charge is 0.323 e. The first kappa shape index (κ1) is 16.1. The Hall–Kier alpha value is -2.74. The molecule has 0 unspecified atom stereocenters. The summed E-state index contributed by atoms with van der Waals surface area (Å²) in [5.41, 5.74) is 1.31.